The van der Waals surface area contributed by atoms with Crippen molar-refractivity contribution in [1.82, 2.24) is 0 Å². The van der Waals surface area contributed by atoms with Crippen LogP contribution in [0, 0.1) is 0 Å². The third-order valence-corrected chi connectivity index (χ3v) is 3.83. The summed E-state index contributed by atoms with van der Waals surface area (Å²) in [6.07, 6.45) is 0. The topological polar surface area (TPSA) is 63.6 Å². The molecule has 0 bridgehead atoms. The maximum absolute atomic E-state index is 11.4. The number of carboxylic acid groups (broad SMARTS) is 1. The number of rotatable bonds is 5. The number of halogens is 1. The Morgan fingerprint density at radius 1 is 1.56 bits per heavy atom. The molecule has 0 aliphatic heterocycles. The zero-order valence-corrected chi connectivity index (χ0v) is 11.0. The largest absolute Gasteiger partial charge is 0.497 e. The number of benzene rings is 1. The van der Waals surface area contributed by atoms with Crippen LogP contribution in [0.1, 0.15) is 5.56 Å². The lowest BCUT2D eigenvalue weighted by atomic mass is 10.2. The highest BCUT2D eigenvalue weighted by Gasteiger charge is 2.10. The molecule has 88 valence electrons. The van der Waals surface area contributed by atoms with Gasteiger partial charge in [0.1, 0.15) is 11.5 Å². The van der Waals surface area contributed by atoms with Crippen LogP contribution in [0.25, 0.3) is 0 Å². The Morgan fingerprint density at radius 2 is 2.25 bits per heavy atom. The number of hydrogen-bond donors (Lipinski definition) is 1. The average Bonchev–Trinajstić information content (AvgIpc) is 2.20. The van der Waals surface area contributed by atoms with Crippen molar-refractivity contribution in [2.45, 2.75) is 5.75 Å². The molecule has 16 heavy (non-hydrogen) atoms. The number of aliphatic carboxylic acids is 1. The third kappa shape index (κ3) is 3.94. The summed E-state index contributed by atoms with van der Waals surface area (Å²) < 4.78 is 17.3. The summed E-state index contributed by atoms with van der Waals surface area (Å²) in [5.41, 5.74) is 0.777. The second-order valence-electron chi connectivity index (χ2n) is 3.08. The molecule has 0 heterocycles. The summed E-state index contributed by atoms with van der Waals surface area (Å²) >= 11 is 3.32. The number of ether oxygens (including phenoxy) is 1. The number of hydrogen-bond acceptors (Lipinski definition) is 3. The van der Waals surface area contributed by atoms with E-state index < -0.39 is 16.8 Å². The summed E-state index contributed by atoms with van der Waals surface area (Å²) in [6.45, 7) is 0. The van der Waals surface area contributed by atoms with E-state index in [4.69, 9.17) is 9.84 Å². The van der Waals surface area contributed by atoms with Crippen LogP contribution in [-0.2, 0) is 21.3 Å². The van der Waals surface area contributed by atoms with Gasteiger partial charge in [-0.1, -0.05) is 15.9 Å². The lowest BCUT2D eigenvalue weighted by molar-refractivity contribution is -0.133. The first-order valence-electron chi connectivity index (χ1n) is 4.42. The monoisotopic (exact) mass is 306 g/mol. The zero-order valence-electron chi connectivity index (χ0n) is 8.60. The van der Waals surface area contributed by atoms with Crippen molar-refractivity contribution in [3.05, 3.63) is 28.2 Å². The van der Waals surface area contributed by atoms with Crippen molar-refractivity contribution in [1.29, 1.82) is 0 Å². The lowest BCUT2D eigenvalue weighted by Gasteiger charge is -2.06. The number of carbonyl (C=O) groups is 1. The first kappa shape index (κ1) is 13.2. The third-order valence-electron chi connectivity index (χ3n) is 1.85. The predicted molar refractivity (Wildman–Crippen MR) is 65.0 cm³/mol. The van der Waals surface area contributed by atoms with Gasteiger partial charge in [0.2, 0.25) is 0 Å². The number of methoxy groups -OCH3 is 1. The molecule has 0 radical (unpaired) electrons. The molecule has 1 atom stereocenters. The smallest absolute Gasteiger partial charge is 0.316 e. The molecule has 0 aliphatic rings. The Bertz CT molecular complexity index is 419. The van der Waals surface area contributed by atoms with Crippen LogP contribution in [0.15, 0.2) is 22.7 Å². The molecular weight excluding hydrogens is 296 g/mol. The van der Waals surface area contributed by atoms with Gasteiger partial charge in [-0.15, -0.1) is 0 Å². The Labute approximate surface area is 104 Å². The minimum Gasteiger partial charge on any atom is -0.497 e. The first-order valence-corrected chi connectivity index (χ1v) is 6.70. The van der Waals surface area contributed by atoms with Crippen LogP contribution < -0.4 is 4.74 Å². The standard InChI is InChI=1S/C10H11BrO4S/c1-15-8-2-3-9(11)7(4-8)5-16(14)6-10(12)13/h2-4H,5-6H2,1H3,(H,12,13). The van der Waals surface area contributed by atoms with Crippen molar-refractivity contribution in [3.63, 3.8) is 0 Å². The second kappa shape index (κ2) is 6.00. The van der Waals surface area contributed by atoms with Gasteiger partial charge in [0.25, 0.3) is 0 Å². The van der Waals surface area contributed by atoms with Crippen LogP contribution in [0.4, 0.5) is 0 Å². The molecule has 0 saturated heterocycles. The van der Waals surface area contributed by atoms with Crippen LogP contribution in [0.2, 0.25) is 0 Å². The van der Waals surface area contributed by atoms with Gasteiger partial charge in [0.05, 0.1) is 12.9 Å². The van der Waals surface area contributed by atoms with Gasteiger partial charge < -0.3 is 9.84 Å². The molecule has 1 aromatic carbocycles. The normalized spacial score (nSPS) is 12.1. The fourth-order valence-corrected chi connectivity index (χ4v) is 2.69. The van der Waals surface area contributed by atoms with Gasteiger partial charge in [0.15, 0.2) is 0 Å². The summed E-state index contributed by atoms with van der Waals surface area (Å²) in [5, 5.41) is 8.50. The van der Waals surface area contributed by atoms with Crippen molar-refractivity contribution in [2.24, 2.45) is 0 Å². The lowest BCUT2D eigenvalue weighted by Crippen LogP contribution is -2.10. The minimum atomic E-state index is -1.41. The van der Waals surface area contributed by atoms with E-state index in [2.05, 4.69) is 15.9 Å². The van der Waals surface area contributed by atoms with Crippen molar-refractivity contribution in [3.8, 4) is 5.75 Å². The molecule has 1 N–H and O–H groups in total. The van der Waals surface area contributed by atoms with Gasteiger partial charge in [-0.25, -0.2) is 0 Å². The zero-order chi connectivity index (χ0) is 12.1. The van der Waals surface area contributed by atoms with E-state index in [9.17, 15) is 9.00 Å². The summed E-state index contributed by atoms with van der Waals surface area (Å²) in [6, 6.07) is 5.30. The Balaban J connectivity index is 2.79. The quantitative estimate of drug-likeness (QED) is 0.901. The summed E-state index contributed by atoms with van der Waals surface area (Å²) in [7, 11) is 0.136. The van der Waals surface area contributed by atoms with E-state index >= 15 is 0 Å². The van der Waals surface area contributed by atoms with Gasteiger partial charge >= 0.3 is 5.97 Å². The molecule has 0 saturated carbocycles. The van der Waals surface area contributed by atoms with E-state index in [1.54, 1.807) is 25.3 Å². The molecule has 4 nitrogen and oxygen atoms in total. The van der Waals surface area contributed by atoms with Crippen LogP contribution in [-0.4, -0.2) is 28.1 Å². The highest BCUT2D eigenvalue weighted by Crippen LogP contribution is 2.23. The molecule has 1 aromatic rings. The Hall–Kier alpha value is -0.880. The SMILES string of the molecule is COc1ccc(Br)c(CS(=O)CC(=O)O)c1. The summed E-state index contributed by atoms with van der Waals surface area (Å²) in [5.74, 6) is -0.545. The highest BCUT2D eigenvalue weighted by molar-refractivity contribution is 9.10. The second-order valence-corrected chi connectivity index (χ2v) is 5.39. The molecule has 0 amide bonds. The molecule has 1 rings (SSSR count). The Morgan fingerprint density at radius 3 is 2.81 bits per heavy atom. The summed E-state index contributed by atoms with van der Waals surface area (Å²) in [4.78, 5) is 10.4. The van der Waals surface area contributed by atoms with Crippen LogP contribution >= 0.6 is 15.9 Å². The highest BCUT2D eigenvalue weighted by atomic mass is 79.9. The average molecular weight is 307 g/mol. The fourth-order valence-electron chi connectivity index (χ4n) is 1.15. The van der Waals surface area contributed by atoms with Crippen molar-refractivity contribution >= 4 is 32.7 Å². The van der Waals surface area contributed by atoms with Crippen molar-refractivity contribution < 1.29 is 18.8 Å². The van der Waals surface area contributed by atoms with Gasteiger partial charge in [-0.3, -0.25) is 9.00 Å². The fraction of sp³-hybridized carbons (Fsp3) is 0.300. The van der Waals surface area contributed by atoms with Gasteiger partial charge in [-0.05, 0) is 23.8 Å². The predicted octanol–water partition coefficient (Wildman–Crippen LogP) is 1.79. The number of carboxylic acids is 1. The molecular formula is C10H11BrO4S. The van der Waals surface area contributed by atoms with Gasteiger partial charge in [-0.2, -0.15) is 0 Å². The maximum atomic E-state index is 11.4. The van der Waals surface area contributed by atoms with E-state index in [1.807, 2.05) is 0 Å². The molecule has 0 spiro atoms. The molecule has 1 unspecified atom stereocenters. The van der Waals surface area contributed by atoms with Crippen LogP contribution in [0.3, 0.4) is 0 Å². The van der Waals surface area contributed by atoms with Crippen LogP contribution in [0.5, 0.6) is 5.75 Å². The first-order chi connectivity index (χ1) is 7.52. The minimum absolute atomic E-state index is 0.198. The Kier molecular flexibility index (Phi) is 4.95. The van der Waals surface area contributed by atoms with Crippen molar-refractivity contribution in [2.75, 3.05) is 12.9 Å². The molecule has 0 aromatic heterocycles. The molecule has 0 aliphatic carbocycles. The van der Waals surface area contributed by atoms with E-state index in [-0.39, 0.29) is 11.5 Å². The van der Waals surface area contributed by atoms with E-state index in [0.717, 1.165) is 10.0 Å². The van der Waals surface area contributed by atoms with E-state index in [0.29, 0.717) is 5.75 Å². The molecule has 6 heteroatoms. The molecule has 0 fully saturated rings. The van der Waals surface area contributed by atoms with Gasteiger partial charge in [0, 0.05) is 15.3 Å². The maximum Gasteiger partial charge on any atom is 0.316 e. The van der Waals surface area contributed by atoms with E-state index in [1.165, 1.54) is 0 Å².